The van der Waals surface area contributed by atoms with Gasteiger partial charge in [-0.05, 0) is 50.2 Å². The number of ether oxygens (including phenoxy) is 3. The largest absolute Gasteiger partial charge is 0.479 e. The highest BCUT2D eigenvalue weighted by atomic mass is 19.1. The minimum absolute atomic E-state index is 0.192. The van der Waals surface area contributed by atoms with E-state index in [1.807, 2.05) is 0 Å². The first kappa shape index (κ1) is 20.9. The van der Waals surface area contributed by atoms with E-state index in [2.05, 4.69) is 5.32 Å². The maximum Gasteiger partial charge on any atom is 0.347 e. The Hall–Kier alpha value is -3.42. The molecule has 0 spiro atoms. The van der Waals surface area contributed by atoms with Crippen molar-refractivity contribution >= 4 is 23.5 Å². The highest BCUT2D eigenvalue weighted by Crippen LogP contribution is 2.16. The summed E-state index contributed by atoms with van der Waals surface area (Å²) in [5.41, 5.74) is 0.439. The Bertz CT molecular complexity index is 837. The van der Waals surface area contributed by atoms with Gasteiger partial charge in [-0.2, -0.15) is 0 Å². The van der Waals surface area contributed by atoms with Gasteiger partial charge in [-0.1, -0.05) is 12.1 Å². The van der Waals surface area contributed by atoms with Crippen LogP contribution in [0, 0.1) is 5.82 Å². The van der Waals surface area contributed by atoms with Gasteiger partial charge in [0.2, 0.25) is 0 Å². The van der Waals surface area contributed by atoms with Crippen LogP contribution in [0.1, 0.15) is 24.2 Å². The van der Waals surface area contributed by atoms with E-state index in [0.717, 1.165) is 0 Å². The molecule has 1 atom stereocenters. The standard InChI is InChI=1S/C20H20FNO6/c1-3-26-20(25)16-6-4-5-7-17(16)22-18(23)12-27-19(24)13(2)28-15-10-8-14(21)9-11-15/h4-11,13H,3,12H2,1-2H3,(H,22,23)/t13-/m0/s1. The van der Waals surface area contributed by atoms with Crippen LogP contribution in [0.4, 0.5) is 10.1 Å². The van der Waals surface area contributed by atoms with Crippen LogP contribution in [-0.4, -0.2) is 37.2 Å². The zero-order valence-corrected chi connectivity index (χ0v) is 15.4. The lowest BCUT2D eigenvalue weighted by Crippen LogP contribution is -2.30. The fourth-order valence-corrected chi connectivity index (χ4v) is 2.18. The van der Waals surface area contributed by atoms with Gasteiger partial charge >= 0.3 is 11.9 Å². The number of para-hydroxylation sites is 1. The van der Waals surface area contributed by atoms with E-state index >= 15 is 0 Å². The number of hydrogen-bond donors (Lipinski definition) is 1. The summed E-state index contributed by atoms with van der Waals surface area (Å²) in [6.07, 6.45) is -0.995. The molecule has 0 unspecified atom stereocenters. The van der Waals surface area contributed by atoms with Gasteiger partial charge in [-0.25, -0.2) is 14.0 Å². The third-order valence-electron chi connectivity index (χ3n) is 3.50. The maximum absolute atomic E-state index is 12.9. The molecular formula is C20H20FNO6. The first-order valence-corrected chi connectivity index (χ1v) is 8.55. The molecule has 0 radical (unpaired) electrons. The van der Waals surface area contributed by atoms with Crippen LogP contribution in [0.15, 0.2) is 48.5 Å². The summed E-state index contributed by atoms with van der Waals surface area (Å²) >= 11 is 0. The molecule has 148 valence electrons. The topological polar surface area (TPSA) is 90.9 Å². The number of carbonyl (C=O) groups is 3. The molecule has 7 nitrogen and oxygen atoms in total. The minimum Gasteiger partial charge on any atom is -0.479 e. The molecule has 0 saturated heterocycles. The van der Waals surface area contributed by atoms with Crippen LogP contribution in [0.2, 0.25) is 0 Å². The number of amides is 1. The molecule has 2 aromatic carbocycles. The molecule has 1 N–H and O–H groups in total. The summed E-state index contributed by atoms with van der Waals surface area (Å²) in [7, 11) is 0. The highest BCUT2D eigenvalue weighted by Gasteiger charge is 2.19. The third-order valence-corrected chi connectivity index (χ3v) is 3.50. The van der Waals surface area contributed by atoms with Crippen LogP contribution in [0.25, 0.3) is 0 Å². The smallest absolute Gasteiger partial charge is 0.347 e. The number of carbonyl (C=O) groups excluding carboxylic acids is 3. The number of benzene rings is 2. The lowest BCUT2D eigenvalue weighted by molar-refractivity contribution is -0.153. The van der Waals surface area contributed by atoms with Gasteiger partial charge in [-0.15, -0.1) is 0 Å². The number of rotatable bonds is 8. The molecule has 28 heavy (non-hydrogen) atoms. The van der Waals surface area contributed by atoms with Crippen molar-refractivity contribution in [2.75, 3.05) is 18.5 Å². The normalized spacial score (nSPS) is 11.2. The van der Waals surface area contributed by atoms with Crippen molar-refractivity contribution in [3.05, 3.63) is 59.9 Å². The summed E-state index contributed by atoms with van der Waals surface area (Å²) in [6.45, 7) is 2.76. The molecule has 0 aliphatic carbocycles. The highest BCUT2D eigenvalue weighted by molar-refractivity contribution is 6.01. The number of halogens is 1. The Kier molecular flexibility index (Phi) is 7.50. The van der Waals surface area contributed by atoms with Crippen molar-refractivity contribution in [1.29, 1.82) is 0 Å². The molecule has 0 saturated carbocycles. The molecule has 0 aliphatic rings. The molecular weight excluding hydrogens is 369 g/mol. The molecule has 2 rings (SSSR count). The molecule has 0 aromatic heterocycles. The molecule has 0 bridgehead atoms. The zero-order chi connectivity index (χ0) is 20.5. The fourth-order valence-electron chi connectivity index (χ4n) is 2.18. The van der Waals surface area contributed by atoms with Crippen molar-refractivity contribution in [1.82, 2.24) is 0 Å². The second-order valence-electron chi connectivity index (χ2n) is 5.64. The van der Waals surface area contributed by atoms with Gasteiger partial charge < -0.3 is 19.5 Å². The Labute approximate surface area is 161 Å². The van der Waals surface area contributed by atoms with Crippen molar-refractivity contribution < 1.29 is 33.0 Å². The van der Waals surface area contributed by atoms with Gasteiger partial charge in [0.1, 0.15) is 11.6 Å². The first-order chi connectivity index (χ1) is 13.4. The van der Waals surface area contributed by atoms with Gasteiger partial charge in [0, 0.05) is 0 Å². The van der Waals surface area contributed by atoms with E-state index in [-0.39, 0.29) is 17.9 Å². The number of esters is 2. The number of anilines is 1. The summed E-state index contributed by atoms with van der Waals surface area (Å²) < 4.78 is 28.0. The van der Waals surface area contributed by atoms with Crippen LogP contribution in [0.5, 0.6) is 5.75 Å². The van der Waals surface area contributed by atoms with E-state index in [1.165, 1.54) is 43.3 Å². The Morgan fingerprint density at radius 3 is 2.39 bits per heavy atom. The third kappa shape index (κ3) is 6.08. The van der Waals surface area contributed by atoms with Crippen LogP contribution < -0.4 is 10.1 Å². The molecule has 8 heteroatoms. The summed E-state index contributed by atoms with van der Waals surface area (Å²) in [4.78, 5) is 35.9. The van der Waals surface area contributed by atoms with Gasteiger partial charge in [0.05, 0.1) is 17.9 Å². The zero-order valence-electron chi connectivity index (χ0n) is 15.4. The molecule has 0 fully saturated rings. The average molecular weight is 389 g/mol. The van der Waals surface area contributed by atoms with E-state index in [1.54, 1.807) is 19.1 Å². The minimum atomic E-state index is -0.995. The first-order valence-electron chi connectivity index (χ1n) is 8.55. The van der Waals surface area contributed by atoms with Crippen molar-refractivity contribution in [2.45, 2.75) is 20.0 Å². The number of hydrogen-bond acceptors (Lipinski definition) is 6. The van der Waals surface area contributed by atoms with Crippen LogP contribution in [0.3, 0.4) is 0 Å². The molecule has 2 aromatic rings. The second-order valence-corrected chi connectivity index (χ2v) is 5.64. The predicted octanol–water partition coefficient (Wildman–Crippen LogP) is 2.95. The Balaban J connectivity index is 1.87. The van der Waals surface area contributed by atoms with Crippen molar-refractivity contribution in [3.8, 4) is 5.75 Å². The van der Waals surface area contributed by atoms with E-state index < -0.39 is 36.4 Å². The van der Waals surface area contributed by atoms with E-state index in [9.17, 15) is 18.8 Å². The lowest BCUT2D eigenvalue weighted by Gasteiger charge is -2.14. The van der Waals surface area contributed by atoms with Crippen LogP contribution >= 0.6 is 0 Å². The Morgan fingerprint density at radius 1 is 1.04 bits per heavy atom. The lowest BCUT2D eigenvalue weighted by atomic mass is 10.2. The fraction of sp³-hybridized carbons (Fsp3) is 0.250. The second kappa shape index (κ2) is 10.1. The van der Waals surface area contributed by atoms with Crippen molar-refractivity contribution in [2.24, 2.45) is 0 Å². The Morgan fingerprint density at radius 2 is 1.71 bits per heavy atom. The van der Waals surface area contributed by atoms with Crippen LogP contribution in [-0.2, 0) is 19.1 Å². The number of nitrogens with one attached hydrogen (secondary N) is 1. The summed E-state index contributed by atoms with van der Waals surface area (Å²) in [5, 5.41) is 2.50. The summed E-state index contributed by atoms with van der Waals surface area (Å²) in [6, 6.07) is 11.5. The monoisotopic (exact) mass is 389 g/mol. The predicted molar refractivity (Wildman–Crippen MR) is 98.5 cm³/mol. The average Bonchev–Trinajstić information content (AvgIpc) is 2.68. The van der Waals surface area contributed by atoms with Gasteiger partial charge in [0.15, 0.2) is 12.7 Å². The van der Waals surface area contributed by atoms with E-state index in [4.69, 9.17) is 14.2 Å². The van der Waals surface area contributed by atoms with E-state index in [0.29, 0.717) is 5.75 Å². The van der Waals surface area contributed by atoms with Crippen molar-refractivity contribution in [3.63, 3.8) is 0 Å². The summed E-state index contributed by atoms with van der Waals surface area (Å²) in [5.74, 6) is -2.10. The molecule has 1 amide bonds. The quantitative estimate of drug-likeness (QED) is 0.698. The van der Waals surface area contributed by atoms with Gasteiger partial charge in [0.25, 0.3) is 5.91 Å². The maximum atomic E-state index is 12.9. The van der Waals surface area contributed by atoms with Gasteiger partial charge in [-0.3, -0.25) is 4.79 Å². The molecule has 0 heterocycles. The SMILES string of the molecule is CCOC(=O)c1ccccc1NC(=O)COC(=O)[C@H](C)Oc1ccc(F)cc1. The molecule has 0 aliphatic heterocycles.